The molecule has 1 atom stereocenters. The SMILES string of the molecule is COc1ccc(/C(N)=N/O)cc1CN[C@@H](C)c1ccco1. The molecule has 0 saturated heterocycles. The van der Waals surface area contributed by atoms with E-state index in [4.69, 9.17) is 20.1 Å². The maximum atomic E-state index is 8.75. The number of oxime groups is 1. The molecule has 6 nitrogen and oxygen atoms in total. The largest absolute Gasteiger partial charge is 0.496 e. The van der Waals surface area contributed by atoms with Crippen molar-refractivity contribution in [3.05, 3.63) is 53.5 Å². The Labute approximate surface area is 123 Å². The first-order valence-electron chi connectivity index (χ1n) is 6.57. The molecule has 112 valence electrons. The summed E-state index contributed by atoms with van der Waals surface area (Å²) in [7, 11) is 1.61. The standard InChI is InChI=1S/C15H19N3O3/c1-10(13-4-3-7-21-13)17-9-12-8-11(15(16)18-19)5-6-14(12)20-2/h3-8,10,17,19H,9H2,1-2H3,(H2,16,18)/t10-/m0/s1. The third-order valence-corrected chi connectivity index (χ3v) is 3.25. The molecular weight excluding hydrogens is 270 g/mol. The molecule has 0 saturated carbocycles. The highest BCUT2D eigenvalue weighted by Gasteiger charge is 2.11. The number of benzene rings is 1. The smallest absolute Gasteiger partial charge is 0.170 e. The predicted octanol–water partition coefficient (Wildman–Crippen LogP) is 2.23. The number of amidine groups is 1. The summed E-state index contributed by atoms with van der Waals surface area (Å²) in [5.41, 5.74) is 7.17. The van der Waals surface area contributed by atoms with Crippen LogP contribution in [0.5, 0.6) is 5.75 Å². The molecule has 1 aromatic heterocycles. The number of ether oxygens (including phenoxy) is 1. The van der Waals surface area contributed by atoms with Crippen LogP contribution in [0.3, 0.4) is 0 Å². The molecule has 0 aliphatic carbocycles. The summed E-state index contributed by atoms with van der Waals surface area (Å²) in [4.78, 5) is 0. The molecule has 0 aliphatic heterocycles. The molecule has 4 N–H and O–H groups in total. The minimum Gasteiger partial charge on any atom is -0.496 e. The van der Waals surface area contributed by atoms with Crippen molar-refractivity contribution in [2.24, 2.45) is 10.9 Å². The number of nitrogens with two attached hydrogens (primary N) is 1. The van der Waals surface area contributed by atoms with Gasteiger partial charge in [-0.25, -0.2) is 0 Å². The van der Waals surface area contributed by atoms with E-state index in [2.05, 4.69) is 10.5 Å². The van der Waals surface area contributed by atoms with Gasteiger partial charge < -0.3 is 25.4 Å². The Bertz CT molecular complexity index is 609. The Hall–Kier alpha value is -2.47. The number of furan rings is 1. The predicted molar refractivity (Wildman–Crippen MR) is 79.5 cm³/mol. The van der Waals surface area contributed by atoms with Gasteiger partial charge in [0, 0.05) is 17.7 Å². The third kappa shape index (κ3) is 3.55. The zero-order valence-corrected chi connectivity index (χ0v) is 12.0. The Kier molecular flexibility index (Phi) is 4.84. The van der Waals surface area contributed by atoms with Crippen LogP contribution < -0.4 is 15.8 Å². The van der Waals surface area contributed by atoms with E-state index < -0.39 is 0 Å². The van der Waals surface area contributed by atoms with E-state index in [9.17, 15) is 0 Å². The van der Waals surface area contributed by atoms with E-state index in [1.165, 1.54) is 0 Å². The van der Waals surface area contributed by atoms with Crippen LogP contribution in [0.25, 0.3) is 0 Å². The molecule has 2 aromatic rings. The summed E-state index contributed by atoms with van der Waals surface area (Å²) in [5.74, 6) is 1.67. The van der Waals surface area contributed by atoms with Crippen molar-refractivity contribution >= 4 is 5.84 Å². The van der Waals surface area contributed by atoms with Gasteiger partial charge in [-0.2, -0.15) is 0 Å². The highest BCUT2D eigenvalue weighted by atomic mass is 16.5. The molecule has 0 radical (unpaired) electrons. The normalized spacial score (nSPS) is 13.1. The number of nitrogens with one attached hydrogen (secondary N) is 1. The summed E-state index contributed by atoms with van der Waals surface area (Å²) < 4.78 is 10.7. The molecule has 0 bridgehead atoms. The van der Waals surface area contributed by atoms with E-state index in [0.717, 1.165) is 17.1 Å². The number of methoxy groups -OCH3 is 1. The van der Waals surface area contributed by atoms with E-state index in [0.29, 0.717) is 12.1 Å². The topological polar surface area (TPSA) is 93.0 Å². The number of hydrogen-bond acceptors (Lipinski definition) is 5. The number of rotatable bonds is 6. The lowest BCUT2D eigenvalue weighted by atomic mass is 10.1. The maximum Gasteiger partial charge on any atom is 0.170 e. The molecule has 21 heavy (non-hydrogen) atoms. The molecule has 1 heterocycles. The Morgan fingerprint density at radius 2 is 2.29 bits per heavy atom. The first kappa shape index (κ1) is 14.9. The summed E-state index contributed by atoms with van der Waals surface area (Å²) >= 11 is 0. The maximum absolute atomic E-state index is 8.75. The van der Waals surface area contributed by atoms with Gasteiger partial charge >= 0.3 is 0 Å². The lowest BCUT2D eigenvalue weighted by Crippen LogP contribution is -2.19. The highest BCUT2D eigenvalue weighted by molar-refractivity contribution is 5.97. The van der Waals surface area contributed by atoms with Crippen LogP contribution in [0.4, 0.5) is 0 Å². The van der Waals surface area contributed by atoms with Gasteiger partial charge in [-0.1, -0.05) is 5.16 Å². The Morgan fingerprint density at radius 1 is 1.48 bits per heavy atom. The molecule has 0 unspecified atom stereocenters. The van der Waals surface area contributed by atoms with Gasteiger partial charge in [0.1, 0.15) is 11.5 Å². The van der Waals surface area contributed by atoms with Gasteiger partial charge in [-0.15, -0.1) is 0 Å². The fraction of sp³-hybridized carbons (Fsp3) is 0.267. The lowest BCUT2D eigenvalue weighted by Gasteiger charge is -2.14. The monoisotopic (exact) mass is 289 g/mol. The molecule has 0 amide bonds. The minimum atomic E-state index is 0.0669. The van der Waals surface area contributed by atoms with Gasteiger partial charge in [0.25, 0.3) is 0 Å². The van der Waals surface area contributed by atoms with E-state index >= 15 is 0 Å². The summed E-state index contributed by atoms with van der Waals surface area (Å²) in [6, 6.07) is 9.21. The van der Waals surface area contributed by atoms with Crippen molar-refractivity contribution in [1.29, 1.82) is 0 Å². The first-order chi connectivity index (χ1) is 10.2. The number of nitrogens with zero attached hydrogens (tertiary/aromatic N) is 1. The Balaban J connectivity index is 2.14. The van der Waals surface area contributed by atoms with Crippen molar-refractivity contribution in [1.82, 2.24) is 5.32 Å². The highest BCUT2D eigenvalue weighted by Crippen LogP contribution is 2.21. The zero-order valence-electron chi connectivity index (χ0n) is 12.0. The van der Waals surface area contributed by atoms with E-state index in [-0.39, 0.29) is 11.9 Å². The number of hydrogen-bond donors (Lipinski definition) is 3. The summed E-state index contributed by atoms with van der Waals surface area (Å²) in [5, 5.41) is 15.1. The molecule has 0 aliphatic rings. The van der Waals surface area contributed by atoms with Gasteiger partial charge in [0.05, 0.1) is 19.4 Å². The second kappa shape index (κ2) is 6.81. The second-order valence-electron chi connectivity index (χ2n) is 4.63. The van der Waals surface area contributed by atoms with Crippen molar-refractivity contribution < 1.29 is 14.4 Å². The first-order valence-corrected chi connectivity index (χ1v) is 6.57. The van der Waals surface area contributed by atoms with Crippen LogP contribution in [0, 0.1) is 0 Å². The van der Waals surface area contributed by atoms with Gasteiger partial charge in [0.2, 0.25) is 0 Å². The van der Waals surface area contributed by atoms with Crippen molar-refractivity contribution in [2.75, 3.05) is 7.11 Å². The molecule has 0 fully saturated rings. The molecule has 2 rings (SSSR count). The average Bonchev–Trinajstić information content (AvgIpc) is 3.06. The van der Waals surface area contributed by atoms with E-state index in [1.54, 1.807) is 25.5 Å². The van der Waals surface area contributed by atoms with Crippen LogP contribution in [0.1, 0.15) is 29.9 Å². The van der Waals surface area contributed by atoms with Crippen LogP contribution in [0.2, 0.25) is 0 Å². The molecule has 6 heteroatoms. The molecule has 0 spiro atoms. The zero-order chi connectivity index (χ0) is 15.2. The van der Waals surface area contributed by atoms with Crippen LogP contribution in [-0.4, -0.2) is 18.2 Å². The fourth-order valence-electron chi connectivity index (χ4n) is 2.04. The lowest BCUT2D eigenvalue weighted by molar-refractivity contribution is 0.318. The van der Waals surface area contributed by atoms with Gasteiger partial charge in [0.15, 0.2) is 5.84 Å². The second-order valence-corrected chi connectivity index (χ2v) is 4.63. The Morgan fingerprint density at radius 3 is 2.90 bits per heavy atom. The van der Waals surface area contributed by atoms with Crippen molar-refractivity contribution in [3.8, 4) is 5.75 Å². The van der Waals surface area contributed by atoms with Crippen LogP contribution in [-0.2, 0) is 6.54 Å². The average molecular weight is 289 g/mol. The van der Waals surface area contributed by atoms with Crippen molar-refractivity contribution in [2.45, 2.75) is 19.5 Å². The quantitative estimate of drug-likeness (QED) is 0.328. The van der Waals surface area contributed by atoms with Crippen molar-refractivity contribution in [3.63, 3.8) is 0 Å². The van der Waals surface area contributed by atoms with Gasteiger partial charge in [-0.05, 0) is 37.3 Å². The fourth-order valence-corrected chi connectivity index (χ4v) is 2.04. The molecular formula is C15H19N3O3. The summed E-state index contributed by atoms with van der Waals surface area (Å²) in [6.45, 7) is 2.58. The van der Waals surface area contributed by atoms with Gasteiger partial charge in [-0.3, -0.25) is 0 Å². The third-order valence-electron chi connectivity index (χ3n) is 3.25. The van der Waals surface area contributed by atoms with E-state index in [1.807, 2.05) is 25.1 Å². The van der Waals surface area contributed by atoms with Crippen LogP contribution >= 0.6 is 0 Å². The molecule has 1 aromatic carbocycles. The van der Waals surface area contributed by atoms with Crippen LogP contribution in [0.15, 0.2) is 46.2 Å². The summed E-state index contributed by atoms with van der Waals surface area (Å²) in [6.07, 6.45) is 1.65. The minimum absolute atomic E-state index is 0.0669.